The fourth-order valence-electron chi connectivity index (χ4n) is 4.09. The minimum absolute atomic E-state index is 0.0926. The molecule has 1 saturated carbocycles. The molecule has 1 fully saturated rings. The highest BCUT2D eigenvalue weighted by Crippen LogP contribution is 2.32. The van der Waals surface area contributed by atoms with Crippen molar-refractivity contribution in [1.29, 1.82) is 0 Å². The number of amides is 2. The van der Waals surface area contributed by atoms with Crippen LogP contribution in [0.4, 0.5) is 0 Å². The van der Waals surface area contributed by atoms with E-state index in [1.807, 2.05) is 48.5 Å². The number of hydrogen-bond acceptors (Lipinski definition) is 3. The van der Waals surface area contributed by atoms with Crippen molar-refractivity contribution < 1.29 is 9.59 Å². The van der Waals surface area contributed by atoms with Crippen molar-refractivity contribution in [3.8, 4) is 11.1 Å². The Hall–Kier alpha value is -3.18. The number of primary amides is 1. The fourth-order valence-corrected chi connectivity index (χ4v) is 4.09. The summed E-state index contributed by atoms with van der Waals surface area (Å²) in [7, 11) is 0. The van der Waals surface area contributed by atoms with E-state index >= 15 is 0 Å². The first-order chi connectivity index (χ1) is 13.5. The number of hydrogen-bond donors (Lipinski definition) is 3. The van der Waals surface area contributed by atoms with Crippen molar-refractivity contribution in [2.45, 2.75) is 31.3 Å². The third kappa shape index (κ3) is 3.37. The van der Waals surface area contributed by atoms with Crippen molar-refractivity contribution in [2.24, 2.45) is 11.5 Å². The van der Waals surface area contributed by atoms with E-state index in [1.54, 1.807) is 12.1 Å². The lowest BCUT2D eigenvalue weighted by Crippen LogP contribution is -2.34. The summed E-state index contributed by atoms with van der Waals surface area (Å²) >= 11 is 0. The molecule has 5 N–H and O–H groups in total. The fraction of sp³-hybridized carbons (Fsp3) is 0.217. The molecule has 2 amide bonds. The minimum Gasteiger partial charge on any atom is -0.366 e. The van der Waals surface area contributed by atoms with Crippen LogP contribution in [0.15, 0.2) is 60.7 Å². The Labute approximate surface area is 163 Å². The topological polar surface area (TPSA) is 98.2 Å². The molecule has 0 spiro atoms. The van der Waals surface area contributed by atoms with E-state index in [9.17, 15) is 9.59 Å². The Bertz CT molecular complexity index is 1060. The SMILES string of the molecule is NC(=O)c1ccccc1-c1cccc2c(C(=O)N[C@@H]3CC[C@@H](N)C3)cccc12. The molecular weight excluding hydrogens is 350 g/mol. The number of carbonyl (C=O) groups is 2. The van der Waals surface area contributed by atoms with Gasteiger partial charge in [0.05, 0.1) is 0 Å². The van der Waals surface area contributed by atoms with Crippen molar-refractivity contribution in [1.82, 2.24) is 5.32 Å². The lowest BCUT2D eigenvalue weighted by Gasteiger charge is -2.15. The number of fused-ring (bicyclic) bond motifs is 1. The molecule has 28 heavy (non-hydrogen) atoms. The Morgan fingerprint density at radius 2 is 1.50 bits per heavy atom. The van der Waals surface area contributed by atoms with Crippen LogP contribution in [0.1, 0.15) is 40.0 Å². The molecule has 0 aromatic heterocycles. The molecule has 5 heteroatoms. The summed E-state index contributed by atoms with van der Waals surface area (Å²) < 4.78 is 0. The van der Waals surface area contributed by atoms with Crippen LogP contribution in [0, 0.1) is 0 Å². The number of nitrogens with one attached hydrogen (secondary N) is 1. The van der Waals surface area contributed by atoms with E-state index < -0.39 is 5.91 Å². The van der Waals surface area contributed by atoms with Crippen molar-refractivity contribution in [3.05, 3.63) is 71.8 Å². The van der Waals surface area contributed by atoms with Crippen LogP contribution in [0.5, 0.6) is 0 Å². The molecule has 3 aromatic carbocycles. The van der Waals surface area contributed by atoms with Gasteiger partial charge in [0.15, 0.2) is 0 Å². The van der Waals surface area contributed by atoms with E-state index in [0.29, 0.717) is 11.1 Å². The lowest BCUT2D eigenvalue weighted by molar-refractivity contribution is 0.0938. The molecule has 3 aromatic rings. The maximum Gasteiger partial charge on any atom is 0.252 e. The second-order valence-electron chi connectivity index (χ2n) is 7.36. The van der Waals surface area contributed by atoms with Gasteiger partial charge >= 0.3 is 0 Å². The molecule has 1 aliphatic carbocycles. The summed E-state index contributed by atoms with van der Waals surface area (Å²) in [5, 5.41) is 4.87. The first-order valence-corrected chi connectivity index (χ1v) is 9.52. The maximum atomic E-state index is 12.9. The van der Waals surface area contributed by atoms with Crippen LogP contribution in [-0.4, -0.2) is 23.9 Å². The van der Waals surface area contributed by atoms with Crippen LogP contribution in [0.2, 0.25) is 0 Å². The van der Waals surface area contributed by atoms with E-state index in [2.05, 4.69) is 5.32 Å². The normalized spacial score (nSPS) is 18.9. The Morgan fingerprint density at radius 1 is 0.821 bits per heavy atom. The summed E-state index contributed by atoms with van der Waals surface area (Å²) in [5.41, 5.74) is 14.3. The molecule has 0 aliphatic heterocycles. The van der Waals surface area contributed by atoms with Gasteiger partial charge in [-0.25, -0.2) is 0 Å². The zero-order valence-electron chi connectivity index (χ0n) is 15.5. The number of rotatable bonds is 4. The van der Waals surface area contributed by atoms with Crippen LogP contribution < -0.4 is 16.8 Å². The monoisotopic (exact) mass is 373 g/mol. The van der Waals surface area contributed by atoms with E-state index in [1.165, 1.54) is 0 Å². The molecule has 0 unspecified atom stereocenters. The van der Waals surface area contributed by atoms with Gasteiger partial charge in [0.25, 0.3) is 5.91 Å². The van der Waals surface area contributed by atoms with Crippen molar-refractivity contribution >= 4 is 22.6 Å². The molecule has 1 aliphatic rings. The molecule has 0 heterocycles. The zero-order chi connectivity index (χ0) is 19.7. The largest absolute Gasteiger partial charge is 0.366 e. The molecule has 4 rings (SSSR count). The van der Waals surface area contributed by atoms with Crippen LogP contribution >= 0.6 is 0 Å². The third-order valence-electron chi connectivity index (χ3n) is 5.46. The molecule has 5 nitrogen and oxygen atoms in total. The summed E-state index contributed by atoms with van der Waals surface area (Å²) in [6.07, 6.45) is 2.66. The van der Waals surface area contributed by atoms with Crippen molar-refractivity contribution in [2.75, 3.05) is 0 Å². The summed E-state index contributed by atoms with van der Waals surface area (Å²) in [4.78, 5) is 24.8. The van der Waals surface area contributed by atoms with Crippen LogP contribution in [-0.2, 0) is 0 Å². The second-order valence-corrected chi connectivity index (χ2v) is 7.36. The van der Waals surface area contributed by atoms with Gasteiger partial charge in [-0.15, -0.1) is 0 Å². The van der Waals surface area contributed by atoms with Gasteiger partial charge in [-0.3, -0.25) is 9.59 Å². The molecule has 142 valence electrons. The second kappa shape index (κ2) is 7.44. The highest BCUT2D eigenvalue weighted by Gasteiger charge is 2.24. The van der Waals surface area contributed by atoms with Gasteiger partial charge in [0.1, 0.15) is 0 Å². The highest BCUT2D eigenvalue weighted by molar-refractivity contribution is 6.12. The molecule has 2 atom stereocenters. The number of carbonyl (C=O) groups excluding carboxylic acids is 2. The molecule has 0 radical (unpaired) electrons. The average Bonchev–Trinajstić information content (AvgIpc) is 3.11. The predicted octanol–water partition coefficient (Wildman–Crippen LogP) is 3.22. The highest BCUT2D eigenvalue weighted by atomic mass is 16.2. The van der Waals surface area contributed by atoms with Gasteiger partial charge in [0.2, 0.25) is 5.91 Å². The number of benzene rings is 3. The summed E-state index contributed by atoms with van der Waals surface area (Å²) in [6.45, 7) is 0. The smallest absolute Gasteiger partial charge is 0.252 e. The Kier molecular flexibility index (Phi) is 4.84. The van der Waals surface area contributed by atoms with Gasteiger partial charge < -0.3 is 16.8 Å². The first-order valence-electron chi connectivity index (χ1n) is 9.52. The van der Waals surface area contributed by atoms with Crippen LogP contribution in [0.3, 0.4) is 0 Å². The standard InChI is InChI=1S/C23H23N3O2/c24-14-11-12-15(13-14)26-23(28)21-10-4-8-17-16(7-3-9-19(17)21)18-5-1-2-6-20(18)22(25)27/h1-10,14-15H,11-13,24H2,(H2,25,27)(H,26,28)/t14-,15-/m1/s1. The summed E-state index contributed by atoms with van der Waals surface area (Å²) in [5.74, 6) is -0.566. The zero-order valence-corrected chi connectivity index (χ0v) is 15.5. The van der Waals surface area contributed by atoms with Gasteiger partial charge in [0, 0.05) is 23.2 Å². The summed E-state index contributed by atoms with van der Waals surface area (Å²) in [6, 6.07) is 19.0. The maximum absolute atomic E-state index is 12.9. The van der Waals surface area contributed by atoms with Crippen LogP contribution in [0.25, 0.3) is 21.9 Å². The quantitative estimate of drug-likeness (QED) is 0.655. The van der Waals surface area contributed by atoms with Gasteiger partial charge in [-0.2, -0.15) is 0 Å². The molecule has 0 saturated heterocycles. The van der Waals surface area contributed by atoms with E-state index in [0.717, 1.165) is 41.2 Å². The molecular formula is C23H23N3O2. The first kappa shape index (κ1) is 18.2. The van der Waals surface area contributed by atoms with Crippen molar-refractivity contribution in [3.63, 3.8) is 0 Å². The predicted molar refractivity (Wildman–Crippen MR) is 111 cm³/mol. The van der Waals surface area contributed by atoms with Gasteiger partial charge in [-0.05, 0) is 53.3 Å². The Morgan fingerprint density at radius 3 is 2.25 bits per heavy atom. The molecule has 0 bridgehead atoms. The number of nitrogens with two attached hydrogens (primary N) is 2. The van der Waals surface area contributed by atoms with E-state index in [-0.39, 0.29) is 18.0 Å². The minimum atomic E-state index is -0.473. The lowest BCUT2D eigenvalue weighted by atomic mass is 9.92. The van der Waals surface area contributed by atoms with E-state index in [4.69, 9.17) is 11.5 Å². The van der Waals surface area contributed by atoms with Gasteiger partial charge in [-0.1, -0.05) is 48.5 Å². The average molecular weight is 373 g/mol. The Balaban J connectivity index is 1.77. The third-order valence-corrected chi connectivity index (χ3v) is 5.46.